The van der Waals surface area contributed by atoms with Crippen molar-refractivity contribution in [2.75, 3.05) is 48.0 Å². The van der Waals surface area contributed by atoms with E-state index in [0.29, 0.717) is 32.5 Å². The number of carbonyl (C=O) groups is 5. The molecule has 2 heterocycles. The molecule has 0 radical (unpaired) electrons. The smallest absolute Gasteiger partial charge is 0.269 e. The zero-order valence-electron chi connectivity index (χ0n) is 36.4. The molecule has 322 valence electrons. The Kier molecular flexibility index (Phi) is 19.4. The quantitative estimate of drug-likeness (QED) is 0.168. The third-order valence-corrected chi connectivity index (χ3v) is 12.2. The number of hydrogen-bond acceptors (Lipinski definition) is 9. The lowest BCUT2D eigenvalue weighted by molar-refractivity contribution is -0.200. The molecule has 0 aromatic heterocycles. The molecule has 3 rings (SSSR count). The van der Waals surface area contributed by atoms with E-state index in [4.69, 9.17) is 14.3 Å². The van der Waals surface area contributed by atoms with Gasteiger partial charge in [-0.3, -0.25) is 28.8 Å². The van der Waals surface area contributed by atoms with Gasteiger partial charge in [0.15, 0.2) is 0 Å². The van der Waals surface area contributed by atoms with Crippen LogP contribution in [0, 0.1) is 17.8 Å². The lowest BCUT2D eigenvalue weighted by atomic mass is 9.89. The predicted molar refractivity (Wildman–Crippen MR) is 220 cm³/mol. The van der Waals surface area contributed by atoms with Gasteiger partial charge in [-0.1, -0.05) is 85.2 Å². The van der Waals surface area contributed by atoms with Gasteiger partial charge in [-0.25, -0.2) is 5.06 Å². The molecule has 1 aromatic rings. The molecule has 0 aliphatic carbocycles. The Labute approximate surface area is 341 Å². The summed E-state index contributed by atoms with van der Waals surface area (Å²) in [7, 11) is 6.55. The largest absolute Gasteiger partial charge is 0.379 e. The second-order valence-electron chi connectivity index (χ2n) is 16.2. The van der Waals surface area contributed by atoms with Crippen molar-refractivity contribution in [2.24, 2.45) is 17.8 Å². The molecule has 57 heavy (non-hydrogen) atoms. The number of benzene rings is 1. The summed E-state index contributed by atoms with van der Waals surface area (Å²) in [6.45, 7) is 14.9. The number of hydrogen-bond donors (Lipinski definition) is 3. The molecule has 0 bridgehead atoms. The highest BCUT2D eigenvalue weighted by Gasteiger charge is 2.44. The van der Waals surface area contributed by atoms with Crippen molar-refractivity contribution in [3.05, 3.63) is 35.9 Å². The lowest BCUT2D eigenvalue weighted by Crippen LogP contribution is -2.58. The minimum atomic E-state index is -0.875. The molecule has 0 unspecified atom stereocenters. The summed E-state index contributed by atoms with van der Waals surface area (Å²) >= 11 is 0. The fraction of sp³-hybridized carbons (Fsp3) is 0.744. The van der Waals surface area contributed by atoms with Crippen LogP contribution in [-0.4, -0.2) is 135 Å². The number of likely N-dealkylation sites (N-methyl/N-ethyl adjacent to an activating group) is 2. The summed E-state index contributed by atoms with van der Waals surface area (Å²) in [5, 5.41) is 10.4. The molecule has 2 saturated heterocycles. The highest BCUT2D eigenvalue weighted by Crippen LogP contribution is 2.30. The van der Waals surface area contributed by atoms with Gasteiger partial charge in [-0.2, -0.15) is 0 Å². The number of likely N-dealkylation sites (tertiary alicyclic amines) is 1. The third-order valence-electron chi connectivity index (χ3n) is 12.2. The minimum Gasteiger partial charge on any atom is -0.379 e. The molecule has 0 saturated carbocycles. The molecule has 5 amide bonds. The van der Waals surface area contributed by atoms with Gasteiger partial charge in [0.25, 0.3) is 5.91 Å². The lowest BCUT2D eigenvalue weighted by Gasteiger charge is -2.40. The highest BCUT2D eigenvalue weighted by atomic mass is 16.7. The first-order chi connectivity index (χ1) is 27.2. The summed E-state index contributed by atoms with van der Waals surface area (Å²) < 4.78 is 12.0. The summed E-state index contributed by atoms with van der Waals surface area (Å²) in [4.78, 5) is 78.5. The van der Waals surface area contributed by atoms with Crippen LogP contribution in [0.2, 0.25) is 0 Å². The van der Waals surface area contributed by atoms with Crippen LogP contribution in [0.3, 0.4) is 0 Å². The number of rotatable bonds is 21. The first-order valence-corrected chi connectivity index (χ1v) is 21.1. The van der Waals surface area contributed by atoms with E-state index >= 15 is 0 Å². The molecule has 10 atom stereocenters. The van der Waals surface area contributed by atoms with E-state index in [1.54, 1.807) is 45.0 Å². The Balaban J connectivity index is 1.80. The summed E-state index contributed by atoms with van der Waals surface area (Å²) in [5.41, 5.74) is 0.913. The van der Waals surface area contributed by atoms with Gasteiger partial charge in [-0.05, 0) is 56.6 Å². The van der Waals surface area contributed by atoms with Crippen LogP contribution in [0.15, 0.2) is 30.3 Å². The van der Waals surface area contributed by atoms with Gasteiger partial charge in [0.1, 0.15) is 12.1 Å². The van der Waals surface area contributed by atoms with E-state index in [2.05, 4.69) is 16.0 Å². The average molecular weight is 801 g/mol. The van der Waals surface area contributed by atoms with E-state index in [0.717, 1.165) is 31.2 Å². The van der Waals surface area contributed by atoms with Crippen LogP contribution in [0.4, 0.5) is 0 Å². The molecular weight excluding hydrogens is 729 g/mol. The SMILES string of the molecule is CC[C@H](NC(=O)[C@@H](NC)C(C)C)C(=O)N(C)[C@@H]([C@@H](C)CC)[C@@H](CC(=O)N1CCC[C@H]1[C@H](OC)[C@@H](C)C(=O)N[C@H](C(=O)N1CCCCO1)[C@@H](C)c1ccccc1)OC. The van der Waals surface area contributed by atoms with Crippen molar-refractivity contribution in [3.63, 3.8) is 0 Å². The van der Waals surface area contributed by atoms with Crippen molar-refractivity contribution >= 4 is 29.5 Å². The Bertz CT molecular complexity index is 1440. The average Bonchev–Trinajstić information content (AvgIpc) is 3.71. The second-order valence-corrected chi connectivity index (χ2v) is 16.2. The number of nitrogens with zero attached hydrogens (tertiary/aromatic N) is 3. The standard InChI is InChI=1S/C43H72N6O8/c1-12-28(5)38(47(9)42(53)32(13-2)45-41(52)36(44-8)27(3)4)34(55-10)26-35(50)48-23-19-22-33(48)39(56-11)30(7)40(51)46-37(29(6)31-20-15-14-16-21-31)43(54)49-24-17-18-25-57-49/h14-16,20-21,27-30,32-34,36-39,44H,12-13,17-19,22-26H2,1-11H3,(H,45,52)(H,46,51)/t28-,29-,30+,32-,33-,34+,36-,37-,38-,39+/m0/s1. The Morgan fingerprint density at radius 3 is 2.11 bits per heavy atom. The van der Waals surface area contributed by atoms with Crippen LogP contribution in [0.25, 0.3) is 0 Å². The first kappa shape index (κ1) is 47.8. The van der Waals surface area contributed by atoms with Crippen molar-refractivity contribution in [2.45, 2.75) is 142 Å². The molecule has 1 aromatic carbocycles. The van der Waals surface area contributed by atoms with Crippen molar-refractivity contribution in [1.82, 2.24) is 30.8 Å². The number of nitrogens with one attached hydrogen (secondary N) is 3. The topological polar surface area (TPSA) is 159 Å². The second kappa shape index (κ2) is 23.1. The van der Waals surface area contributed by atoms with Crippen molar-refractivity contribution in [3.8, 4) is 0 Å². The van der Waals surface area contributed by atoms with E-state index < -0.39 is 48.3 Å². The normalized spacial score (nSPS) is 20.7. The number of amides is 5. The maximum Gasteiger partial charge on any atom is 0.269 e. The fourth-order valence-electron chi connectivity index (χ4n) is 8.48. The maximum atomic E-state index is 14.3. The van der Waals surface area contributed by atoms with Gasteiger partial charge < -0.3 is 35.2 Å². The monoisotopic (exact) mass is 801 g/mol. The molecule has 0 spiro atoms. The van der Waals surface area contributed by atoms with Gasteiger partial charge in [0.2, 0.25) is 23.6 Å². The summed E-state index contributed by atoms with van der Waals surface area (Å²) in [5.74, 6) is -2.32. The van der Waals surface area contributed by atoms with Crippen LogP contribution in [-0.2, 0) is 38.3 Å². The first-order valence-electron chi connectivity index (χ1n) is 21.1. The molecule has 2 fully saturated rings. The number of carbonyl (C=O) groups excluding carboxylic acids is 5. The highest BCUT2D eigenvalue weighted by molar-refractivity contribution is 5.90. The Morgan fingerprint density at radius 1 is 0.877 bits per heavy atom. The zero-order chi connectivity index (χ0) is 42.4. The van der Waals surface area contributed by atoms with Crippen LogP contribution < -0.4 is 16.0 Å². The third kappa shape index (κ3) is 12.2. The Morgan fingerprint density at radius 2 is 1.56 bits per heavy atom. The van der Waals surface area contributed by atoms with E-state index in [1.165, 1.54) is 5.06 Å². The molecule has 14 nitrogen and oxygen atoms in total. The molecule has 2 aliphatic rings. The van der Waals surface area contributed by atoms with Gasteiger partial charge in [0.05, 0.1) is 49.3 Å². The van der Waals surface area contributed by atoms with Crippen molar-refractivity contribution in [1.29, 1.82) is 0 Å². The van der Waals surface area contributed by atoms with Gasteiger partial charge >= 0.3 is 0 Å². The zero-order valence-corrected chi connectivity index (χ0v) is 36.4. The van der Waals surface area contributed by atoms with Crippen LogP contribution in [0.5, 0.6) is 0 Å². The van der Waals surface area contributed by atoms with E-state index in [9.17, 15) is 24.0 Å². The van der Waals surface area contributed by atoms with Crippen molar-refractivity contribution < 1.29 is 38.3 Å². The molecule has 14 heteroatoms. The molecule has 2 aliphatic heterocycles. The molecule has 3 N–H and O–H groups in total. The summed E-state index contributed by atoms with van der Waals surface area (Å²) in [6.07, 6.45) is 2.91. The number of ether oxygens (including phenoxy) is 2. The maximum absolute atomic E-state index is 14.3. The fourth-order valence-corrected chi connectivity index (χ4v) is 8.48. The van der Waals surface area contributed by atoms with Gasteiger partial charge in [-0.15, -0.1) is 0 Å². The predicted octanol–water partition coefficient (Wildman–Crippen LogP) is 3.89. The Hall–Kier alpha value is -3.59. The van der Waals surface area contributed by atoms with E-state index in [-0.39, 0.29) is 53.7 Å². The summed E-state index contributed by atoms with van der Waals surface area (Å²) in [6, 6.07) is 6.70. The van der Waals surface area contributed by atoms with Crippen LogP contribution in [0.1, 0.15) is 105 Å². The number of hydroxylamine groups is 2. The van der Waals surface area contributed by atoms with Crippen LogP contribution >= 0.6 is 0 Å². The minimum absolute atomic E-state index is 0.00989. The van der Waals surface area contributed by atoms with Gasteiger partial charge in [0, 0.05) is 40.3 Å². The number of methoxy groups -OCH3 is 2. The van der Waals surface area contributed by atoms with E-state index in [1.807, 2.05) is 71.9 Å². The molecular formula is C43H72N6O8.